The maximum absolute atomic E-state index is 12.8. The first kappa shape index (κ1) is 16.7. The van der Waals surface area contributed by atoms with E-state index in [2.05, 4.69) is 15.1 Å². The van der Waals surface area contributed by atoms with Gasteiger partial charge in [0.1, 0.15) is 5.69 Å². The standard InChI is InChI=1S/C15H18F3N5O/c1-10-7-11(2)23(21-10)9-12-8-22(5-6-24-12)14-19-4-3-13(20-14)15(16,17)18/h3-4,7,12H,5-6,8-9H2,1-2H3/t12-/m1/s1. The summed E-state index contributed by atoms with van der Waals surface area (Å²) in [6, 6.07) is 2.84. The molecule has 2 aromatic rings. The van der Waals surface area contributed by atoms with Crippen molar-refractivity contribution < 1.29 is 17.9 Å². The minimum absolute atomic E-state index is 0.0755. The molecule has 2 aromatic heterocycles. The highest BCUT2D eigenvalue weighted by Crippen LogP contribution is 2.28. The van der Waals surface area contributed by atoms with Crippen molar-refractivity contribution >= 4 is 5.95 Å². The number of nitrogens with zero attached hydrogens (tertiary/aromatic N) is 5. The number of morpholine rings is 1. The van der Waals surface area contributed by atoms with Crippen LogP contribution in [0, 0.1) is 13.8 Å². The lowest BCUT2D eigenvalue weighted by atomic mass is 10.2. The summed E-state index contributed by atoms with van der Waals surface area (Å²) in [5, 5.41) is 4.39. The van der Waals surface area contributed by atoms with Crippen LogP contribution >= 0.6 is 0 Å². The van der Waals surface area contributed by atoms with Crippen LogP contribution in [0.5, 0.6) is 0 Å². The van der Waals surface area contributed by atoms with Gasteiger partial charge >= 0.3 is 6.18 Å². The number of alkyl halides is 3. The van der Waals surface area contributed by atoms with Crippen LogP contribution in [0.2, 0.25) is 0 Å². The molecule has 0 aliphatic carbocycles. The van der Waals surface area contributed by atoms with Crippen LogP contribution in [0.1, 0.15) is 17.1 Å². The SMILES string of the molecule is Cc1cc(C)n(C[C@H]2CN(c3nccc(C(F)(F)F)n3)CCO2)n1. The van der Waals surface area contributed by atoms with Gasteiger partial charge in [-0.05, 0) is 26.0 Å². The van der Waals surface area contributed by atoms with E-state index in [9.17, 15) is 13.2 Å². The first-order valence-electron chi connectivity index (χ1n) is 7.61. The smallest absolute Gasteiger partial charge is 0.373 e. The van der Waals surface area contributed by atoms with Crippen molar-refractivity contribution in [3.8, 4) is 0 Å². The number of rotatable bonds is 3. The van der Waals surface area contributed by atoms with Gasteiger partial charge in [0, 0.05) is 25.0 Å². The van der Waals surface area contributed by atoms with Crippen LogP contribution in [0.15, 0.2) is 18.3 Å². The molecule has 0 bridgehead atoms. The fraction of sp³-hybridized carbons (Fsp3) is 0.533. The Kier molecular flexibility index (Phi) is 4.44. The van der Waals surface area contributed by atoms with Crippen LogP contribution in [0.4, 0.5) is 19.1 Å². The molecule has 0 N–H and O–H groups in total. The summed E-state index contributed by atoms with van der Waals surface area (Å²) < 4.78 is 46.0. The molecule has 0 radical (unpaired) electrons. The summed E-state index contributed by atoms with van der Waals surface area (Å²) in [4.78, 5) is 9.34. The van der Waals surface area contributed by atoms with Gasteiger partial charge in [-0.15, -0.1) is 0 Å². The van der Waals surface area contributed by atoms with Crippen molar-refractivity contribution in [3.05, 3.63) is 35.4 Å². The fourth-order valence-electron chi connectivity index (χ4n) is 2.72. The normalized spacial score (nSPS) is 18.9. The molecule has 0 saturated carbocycles. The molecule has 1 saturated heterocycles. The summed E-state index contributed by atoms with van der Waals surface area (Å²) in [5.41, 5.74) is 0.999. The van der Waals surface area contributed by atoms with Crippen molar-refractivity contribution in [1.82, 2.24) is 19.7 Å². The molecule has 1 aliphatic heterocycles. The molecule has 0 aromatic carbocycles. The second-order valence-corrected chi connectivity index (χ2v) is 5.79. The van der Waals surface area contributed by atoms with Crippen molar-refractivity contribution in [2.75, 3.05) is 24.6 Å². The molecule has 3 rings (SSSR count). The molecule has 130 valence electrons. The van der Waals surface area contributed by atoms with E-state index >= 15 is 0 Å². The number of aromatic nitrogens is 4. The maximum atomic E-state index is 12.8. The first-order chi connectivity index (χ1) is 11.3. The molecule has 3 heterocycles. The molecule has 1 aliphatic rings. The van der Waals surface area contributed by atoms with E-state index in [0.29, 0.717) is 26.2 Å². The second-order valence-electron chi connectivity index (χ2n) is 5.79. The van der Waals surface area contributed by atoms with Crippen molar-refractivity contribution in [3.63, 3.8) is 0 Å². The van der Waals surface area contributed by atoms with Crippen molar-refractivity contribution in [2.45, 2.75) is 32.7 Å². The Balaban J connectivity index is 1.73. The molecule has 0 amide bonds. The number of ether oxygens (including phenoxy) is 1. The molecule has 0 spiro atoms. The van der Waals surface area contributed by atoms with Crippen LogP contribution in [-0.4, -0.2) is 45.5 Å². The van der Waals surface area contributed by atoms with Gasteiger partial charge < -0.3 is 9.64 Å². The minimum atomic E-state index is -4.48. The van der Waals surface area contributed by atoms with Crippen LogP contribution < -0.4 is 4.90 Å². The number of hydrogen-bond donors (Lipinski definition) is 0. The minimum Gasteiger partial charge on any atom is -0.373 e. The Bertz CT molecular complexity index is 715. The van der Waals surface area contributed by atoms with E-state index < -0.39 is 11.9 Å². The van der Waals surface area contributed by atoms with Gasteiger partial charge in [0.25, 0.3) is 0 Å². The molecular weight excluding hydrogens is 323 g/mol. The molecular formula is C15H18F3N5O. The predicted molar refractivity (Wildman–Crippen MR) is 80.7 cm³/mol. The maximum Gasteiger partial charge on any atom is 0.433 e. The van der Waals surface area contributed by atoms with Crippen LogP contribution in [0.3, 0.4) is 0 Å². The third kappa shape index (κ3) is 3.66. The van der Waals surface area contributed by atoms with Crippen LogP contribution in [-0.2, 0) is 17.5 Å². The number of halogens is 3. The van der Waals surface area contributed by atoms with Gasteiger partial charge in [0.05, 0.1) is 24.9 Å². The second kappa shape index (κ2) is 6.39. The molecule has 9 heteroatoms. The Hall–Kier alpha value is -2.16. The van der Waals surface area contributed by atoms with Gasteiger partial charge in [-0.2, -0.15) is 18.3 Å². The molecule has 24 heavy (non-hydrogen) atoms. The van der Waals surface area contributed by atoms with Crippen molar-refractivity contribution in [2.24, 2.45) is 0 Å². The van der Waals surface area contributed by atoms with Gasteiger partial charge in [0.15, 0.2) is 0 Å². The fourth-order valence-corrected chi connectivity index (χ4v) is 2.72. The highest BCUT2D eigenvalue weighted by atomic mass is 19.4. The molecule has 1 fully saturated rings. The van der Waals surface area contributed by atoms with Gasteiger partial charge in [-0.25, -0.2) is 9.97 Å². The van der Waals surface area contributed by atoms with E-state index in [1.54, 1.807) is 4.90 Å². The lowest BCUT2D eigenvalue weighted by Gasteiger charge is -2.33. The third-order valence-electron chi connectivity index (χ3n) is 3.83. The average molecular weight is 341 g/mol. The summed E-state index contributed by atoms with van der Waals surface area (Å²) in [6.07, 6.45) is -3.53. The van der Waals surface area contributed by atoms with Crippen LogP contribution in [0.25, 0.3) is 0 Å². The number of anilines is 1. The Morgan fingerprint density at radius 1 is 1.33 bits per heavy atom. The zero-order valence-electron chi connectivity index (χ0n) is 13.4. The van der Waals surface area contributed by atoms with E-state index in [-0.39, 0.29) is 12.1 Å². The van der Waals surface area contributed by atoms with E-state index in [1.807, 2.05) is 24.6 Å². The van der Waals surface area contributed by atoms with E-state index in [4.69, 9.17) is 4.74 Å². The zero-order chi connectivity index (χ0) is 17.3. The summed E-state index contributed by atoms with van der Waals surface area (Å²) in [5.74, 6) is 0.0755. The zero-order valence-corrected chi connectivity index (χ0v) is 13.4. The molecule has 6 nitrogen and oxygen atoms in total. The topological polar surface area (TPSA) is 56.1 Å². The Labute approximate surface area is 137 Å². The lowest BCUT2D eigenvalue weighted by Crippen LogP contribution is -2.45. The van der Waals surface area contributed by atoms with E-state index in [0.717, 1.165) is 23.7 Å². The van der Waals surface area contributed by atoms with Gasteiger partial charge in [-0.3, -0.25) is 4.68 Å². The monoisotopic (exact) mass is 341 g/mol. The number of aryl methyl sites for hydroxylation is 2. The van der Waals surface area contributed by atoms with Crippen molar-refractivity contribution in [1.29, 1.82) is 0 Å². The number of hydrogen-bond acceptors (Lipinski definition) is 5. The van der Waals surface area contributed by atoms with Gasteiger partial charge in [-0.1, -0.05) is 0 Å². The highest BCUT2D eigenvalue weighted by Gasteiger charge is 2.33. The first-order valence-corrected chi connectivity index (χ1v) is 7.61. The largest absolute Gasteiger partial charge is 0.433 e. The quantitative estimate of drug-likeness (QED) is 0.857. The lowest BCUT2D eigenvalue weighted by molar-refractivity contribution is -0.141. The van der Waals surface area contributed by atoms with E-state index in [1.165, 1.54) is 0 Å². The Morgan fingerprint density at radius 2 is 2.12 bits per heavy atom. The summed E-state index contributed by atoms with van der Waals surface area (Å²) in [6.45, 7) is 5.68. The summed E-state index contributed by atoms with van der Waals surface area (Å²) >= 11 is 0. The van der Waals surface area contributed by atoms with Gasteiger partial charge in [0.2, 0.25) is 5.95 Å². The predicted octanol–water partition coefficient (Wildman–Crippen LogP) is 2.21. The molecule has 0 unspecified atom stereocenters. The summed E-state index contributed by atoms with van der Waals surface area (Å²) in [7, 11) is 0. The average Bonchev–Trinajstić information content (AvgIpc) is 2.84. The Morgan fingerprint density at radius 3 is 2.79 bits per heavy atom. The third-order valence-corrected chi connectivity index (χ3v) is 3.83. The molecule has 1 atom stereocenters. The highest BCUT2D eigenvalue weighted by molar-refractivity contribution is 5.31.